The van der Waals surface area contributed by atoms with Gasteiger partial charge in [-0.3, -0.25) is 0 Å². The van der Waals surface area contributed by atoms with E-state index in [-0.39, 0.29) is 17.3 Å². The Kier molecular flexibility index (Phi) is 9.56. The number of phenolic OH excluding ortho intramolecular Hbond substituents is 1. The fourth-order valence-corrected chi connectivity index (χ4v) is 4.53. The minimum atomic E-state index is -4.53. The highest BCUT2D eigenvalue weighted by molar-refractivity contribution is 7.99. The minimum Gasteiger partial charge on any atom is -0.507 e. The average Bonchev–Trinajstić information content (AvgIpc) is 2.72. The summed E-state index contributed by atoms with van der Waals surface area (Å²) in [5, 5.41) is 23.2. The fraction of sp³-hybridized carbons (Fsp3) is 0.400. The van der Waals surface area contributed by atoms with Crippen LogP contribution in [0.4, 0.5) is 18.0 Å². The highest BCUT2D eigenvalue weighted by Gasteiger charge is 2.33. The molecule has 0 fully saturated rings. The number of nitrogens with one attached hydrogen (secondary N) is 1. The molecule has 5 nitrogen and oxygen atoms in total. The average molecular weight is 532 g/mol. The molecule has 2 rings (SSSR count). The number of carbonyl (C=O) groups excluding carboxylic acids is 1. The lowest BCUT2D eigenvalue weighted by Gasteiger charge is -2.33. The number of benzene rings is 2. The van der Waals surface area contributed by atoms with Gasteiger partial charge in [-0.25, -0.2) is 4.79 Å². The number of amides is 1. The molecule has 192 valence electrons. The second kappa shape index (κ2) is 11.6. The molecule has 35 heavy (non-hydrogen) atoms. The molecular weight excluding hydrogens is 503 g/mol. The van der Waals surface area contributed by atoms with Crippen LogP contribution in [0, 0.1) is 0 Å². The number of carbonyl (C=O) groups is 1. The normalized spacial score (nSPS) is 13.7. The summed E-state index contributed by atoms with van der Waals surface area (Å²) >= 11 is 7.39. The molecule has 0 heterocycles. The van der Waals surface area contributed by atoms with E-state index in [0.29, 0.717) is 29.2 Å². The summed E-state index contributed by atoms with van der Waals surface area (Å²) in [4.78, 5) is 12.9. The van der Waals surface area contributed by atoms with E-state index in [0.717, 1.165) is 35.5 Å². The van der Waals surface area contributed by atoms with E-state index >= 15 is 0 Å². The van der Waals surface area contributed by atoms with E-state index in [4.69, 9.17) is 16.3 Å². The molecule has 1 amide bonds. The van der Waals surface area contributed by atoms with Gasteiger partial charge in [0.1, 0.15) is 11.4 Å². The van der Waals surface area contributed by atoms with Crippen molar-refractivity contribution < 1.29 is 32.9 Å². The molecule has 0 bridgehead atoms. The van der Waals surface area contributed by atoms with E-state index in [2.05, 4.69) is 11.9 Å². The number of alkyl carbamates (subject to hydrolysis) is 1. The Morgan fingerprint density at radius 3 is 2.43 bits per heavy atom. The van der Waals surface area contributed by atoms with Gasteiger partial charge in [0.25, 0.3) is 0 Å². The third-order valence-electron chi connectivity index (χ3n) is 5.02. The maximum absolute atomic E-state index is 13.0. The number of alkyl halides is 3. The van der Waals surface area contributed by atoms with Gasteiger partial charge in [0.2, 0.25) is 0 Å². The number of ether oxygens (including phenoxy) is 1. The summed E-state index contributed by atoms with van der Waals surface area (Å²) in [6, 6.07) is 7.70. The van der Waals surface area contributed by atoms with Gasteiger partial charge < -0.3 is 20.3 Å². The zero-order chi connectivity index (χ0) is 26.4. The first-order chi connectivity index (χ1) is 16.2. The smallest absolute Gasteiger partial charge is 0.416 e. The summed E-state index contributed by atoms with van der Waals surface area (Å²) in [5.41, 5.74) is -1.85. The molecular formula is C25H29ClF3NO4S. The summed E-state index contributed by atoms with van der Waals surface area (Å²) in [6.45, 7) is 8.56. The van der Waals surface area contributed by atoms with Crippen molar-refractivity contribution in [2.75, 3.05) is 6.61 Å². The molecule has 0 aromatic heterocycles. The van der Waals surface area contributed by atoms with Crippen LogP contribution >= 0.6 is 23.4 Å². The van der Waals surface area contributed by atoms with Crippen molar-refractivity contribution in [3.05, 3.63) is 65.2 Å². The van der Waals surface area contributed by atoms with Crippen LogP contribution in [0.5, 0.6) is 5.75 Å². The first-order valence-electron chi connectivity index (χ1n) is 10.8. The van der Waals surface area contributed by atoms with Crippen LogP contribution in [-0.4, -0.2) is 34.1 Å². The number of halogens is 4. The van der Waals surface area contributed by atoms with Gasteiger partial charge in [-0.15, -0.1) is 6.58 Å². The molecule has 0 saturated heterocycles. The van der Waals surface area contributed by atoms with E-state index in [1.165, 1.54) is 0 Å². The van der Waals surface area contributed by atoms with Crippen molar-refractivity contribution in [3.8, 4) is 5.75 Å². The fourth-order valence-electron chi connectivity index (χ4n) is 3.26. The van der Waals surface area contributed by atoms with Gasteiger partial charge in [-0.2, -0.15) is 13.2 Å². The Morgan fingerprint density at radius 1 is 1.20 bits per heavy atom. The number of rotatable bonds is 9. The zero-order valence-corrected chi connectivity index (χ0v) is 21.3. The van der Waals surface area contributed by atoms with Crippen LogP contribution in [0.15, 0.2) is 58.8 Å². The summed E-state index contributed by atoms with van der Waals surface area (Å²) in [5.74, 6) is -0.270. The molecule has 0 radical (unpaired) electrons. The van der Waals surface area contributed by atoms with Crippen LogP contribution in [0.3, 0.4) is 0 Å². The largest absolute Gasteiger partial charge is 0.507 e. The van der Waals surface area contributed by atoms with E-state index in [9.17, 15) is 28.2 Å². The number of hydrogen-bond acceptors (Lipinski definition) is 5. The molecule has 1 unspecified atom stereocenters. The van der Waals surface area contributed by atoms with Gasteiger partial charge >= 0.3 is 12.3 Å². The quantitative estimate of drug-likeness (QED) is 0.304. The van der Waals surface area contributed by atoms with Gasteiger partial charge in [0, 0.05) is 9.92 Å². The Hall–Kier alpha value is -2.36. The summed E-state index contributed by atoms with van der Waals surface area (Å²) in [7, 11) is 0. The number of aromatic hydroxyl groups is 1. The van der Waals surface area contributed by atoms with Gasteiger partial charge in [0.15, 0.2) is 0 Å². The number of phenols is 1. The van der Waals surface area contributed by atoms with Crippen LogP contribution in [-0.2, 0) is 17.3 Å². The van der Waals surface area contributed by atoms with Crippen LogP contribution < -0.4 is 5.32 Å². The SMILES string of the molecule is C=CCC(CO)(CCc1ccc(Sc2cc(C(F)(F)F)ccc2O)cc1Cl)NC(=O)OC(C)(C)C. The van der Waals surface area contributed by atoms with Gasteiger partial charge in [-0.1, -0.05) is 35.5 Å². The van der Waals surface area contributed by atoms with E-state index in [1.54, 1.807) is 45.0 Å². The molecule has 2 aromatic carbocycles. The molecule has 10 heteroatoms. The first kappa shape index (κ1) is 28.9. The predicted octanol–water partition coefficient (Wildman–Crippen LogP) is 6.98. The van der Waals surface area contributed by atoms with Crippen molar-refractivity contribution in [2.24, 2.45) is 0 Å². The zero-order valence-electron chi connectivity index (χ0n) is 19.7. The van der Waals surface area contributed by atoms with Crippen LogP contribution in [0.2, 0.25) is 5.02 Å². The molecule has 3 N–H and O–H groups in total. The highest BCUT2D eigenvalue weighted by atomic mass is 35.5. The van der Waals surface area contributed by atoms with E-state index < -0.39 is 29.0 Å². The summed E-state index contributed by atoms with van der Waals surface area (Å²) in [6.07, 6.45) is -2.58. The number of aliphatic hydroxyl groups is 1. The molecule has 0 spiro atoms. The highest BCUT2D eigenvalue weighted by Crippen LogP contribution is 2.40. The third-order valence-corrected chi connectivity index (χ3v) is 6.40. The minimum absolute atomic E-state index is 0.0514. The molecule has 0 saturated carbocycles. The topological polar surface area (TPSA) is 78.8 Å². The standard InChI is InChI=1S/C25H29ClF3NO4S/c1-5-11-24(15-31,30-22(33)34-23(2,3)4)12-10-16-6-8-18(14-19(16)26)35-21-13-17(25(27,28)29)7-9-20(21)32/h5-9,13-14,31-32H,1,10-12,15H2,2-4H3,(H,30,33). The van der Waals surface area contributed by atoms with Crippen molar-refractivity contribution in [1.29, 1.82) is 0 Å². The first-order valence-corrected chi connectivity index (χ1v) is 12.0. The maximum Gasteiger partial charge on any atom is 0.416 e. The van der Waals surface area contributed by atoms with Crippen LogP contribution in [0.1, 0.15) is 44.7 Å². The second-order valence-electron chi connectivity index (χ2n) is 9.09. The Balaban J connectivity index is 2.17. The predicted molar refractivity (Wildman–Crippen MR) is 131 cm³/mol. The Labute approximate surface area is 212 Å². The maximum atomic E-state index is 13.0. The van der Waals surface area contributed by atoms with Crippen molar-refractivity contribution in [1.82, 2.24) is 5.32 Å². The van der Waals surface area contributed by atoms with E-state index in [1.807, 2.05) is 0 Å². The number of aryl methyl sites for hydroxylation is 1. The van der Waals surface area contributed by atoms with Crippen molar-refractivity contribution >= 4 is 29.5 Å². The lowest BCUT2D eigenvalue weighted by Crippen LogP contribution is -2.52. The molecule has 2 aromatic rings. The Bertz CT molecular complexity index is 1060. The molecule has 0 aliphatic carbocycles. The Morgan fingerprint density at radius 2 is 1.89 bits per heavy atom. The van der Waals surface area contributed by atoms with Crippen molar-refractivity contribution in [3.63, 3.8) is 0 Å². The van der Waals surface area contributed by atoms with Crippen molar-refractivity contribution in [2.45, 2.75) is 67.1 Å². The number of aliphatic hydroxyl groups excluding tert-OH is 1. The van der Waals surface area contributed by atoms with Gasteiger partial charge in [0.05, 0.1) is 22.6 Å². The molecule has 0 aliphatic heterocycles. The second-order valence-corrected chi connectivity index (χ2v) is 10.6. The summed E-state index contributed by atoms with van der Waals surface area (Å²) < 4.78 is 44.3. The monoisotopic (exact) mass is 531 g/mol. The van der Waals surface area contributed by atoms with Gasteiger partial charge in [-0.05, 0) is 75.9 Å². The number of hydrogen-bond donors (Lipinski definition) is 3. The third kappa shape index (κ3) is 8.66. The lowest BCUT2D eigenvalue weighted by molar-refractivity contribution is -0.137. The molecule has 1 atom stereocenters. The van der Waals surface area contributed by atoms with Crippen LogP contribution in [0.25, 0.3) is 0 Å². The lowest BCUT2D eigenvalue weighted by atomic mass is 9.88. The molecule has 0 aliphatic rings.